The van der Waals surface area contributed by atoms with Gasteiger partial charge in [-0.05, 0) is 63.0 Å². The van der Waals surface area contributed by atoms with E-state index in [1.165, 1.54) is 18.6 Å². The number of nitrogens with one attached hydrogen (secondary N) is 1. The molecule has 35 heavy (non-hydrogen) atoms. The third-order valence-electron chi connectivity index (χ3n) is 5.60. The topological polar surface area (TPSA) is 81.0 Å². The second kappa shape index (κ2) is 9.27. The minimum atomic E-state index is -0.379. The Morgan fingerprint density at radius 3 is 2.66 bits per heavy atom. The maximum atomic E-state index is 13.7. The molecule has 1 N–H and O–H groups in total. The third-order valence-corrected chi connectivity index (χ3v) is 5.60. The summed E-state index contributed by atoms with van der Waals surface area (Å²) in [5.74, 6) is 0.895. The lowest BCUT2D eigenvalue weighted by Crippen LogP contribution is -2.28. The number of nitrogens with zero attached hydrogens (tertiary/aromatic N) is 6. The molecule has 0 aliphatic carbocycles. The lowest BCUT2D eigenvalue weighted by atomic mass is 10.1. The molecule has 1 atom stereocenters. The van der Waals surface area contributed by atoms with Crippen molar-refractivity contribution >= 4 is 33.3 Å². The summed E-state index contributed by atoms with van der Waals surface area (Å²) in [5, 5.41) is 9.13. The van der Waals surface area contributed by atoms with E-state index in [2.05, 4.69) is 30.3 Å². The van der Waals surface area contributed by atoms with Crippen LogP contribution in [0.2, 0.25) is 0 Å². The van der Waals surface area contributed by atoms with Crippen LogP contribution >= 0.6 is 0 Å². The van der Waals surface area contributed by atoms with E-state index in [9.17, 15) is 4.39 Å². The van der Waals surface area contributed by atoms with Crippen molar-refractivity contribution < 1.29 is 9.13 Å². The van der Waals surface area contributed by atoms with E-state index < -0.39 is 0 Å². The predicted octanol–water partition coefficient (Wildman–Crippen LogP) is 4.79. The molecule has 2 aromatic carbocycles. The summed E-state index contributed by atoms with van der Waals surface area (Å²) in [7, 11) is 5.91. The minimum absolute atomic E-state index is 0.0693. The highest BCUT2D eigenvalue weighted by Crippen LogP contribution is 2.37. The van der Waals surface area contributed by atoms with E-state index in [4.69, 9.17) is 4.74 Å². The van der Waals surface area contributed by atoms with E-state index in [0.717, 1.165) is 34.3 Å². The standard InChI is InChI=1S/C26H26FN7O/c1-16(13-33(2)3)35-24-10-17(19-11-31-34(4)14-19)9-23-25(24)26(30-15-29-23)32-21-5-6-22-18(8-21)7-20(27)12-28-22/h5-12,14-16H,13H2,1-4H3,(H,29,30,32)/t16-/m1/s1. The average Bonchev–Trinajstić information content (AvgIpc) is 3.24. The van der Waals surface area contributed by atoms with Crippen molar-refractivity contribution in [3.05, 3.63) is 67.1 Å². The van der Waals surface area contributed by atoms with Crippen LogP contribution in [-0.2, 0) is 7.05 Å². The van der Waals surface area contributed by atoms with Crippen molar-refractivity contribution in [3.63, 3.8) is 0 Å². The number of fused-ring (bicyclic) bond motifs is 2. The number of hydrogen-bond donors (Lipinski definition) is 1. The molecule has 0 spiro atoms. The highest BCUT2D eigenvalue weighted by molar-refractivity contribution is 5.99. The first-order chi connectivity index (χ1) is 16.9. The fourth-order valence-electron chi connectivity index (χ4n) is 4.17. The van der Waals surface area contributed by atoms with Gasteiger partial charge in [0, 0.05) is 36.4 Å². The smallest absolute Gasteiger partial charge is 0.145 e. The van der Waals surface area contributed by atoms with Crippen molar-refractivity contribution in [1.29, 1.82) is 0 Å². The molecule has 5 aromatic rings. The summed E-state index contributed by atoms with van der Waals surface area (Å²) in [5.41, 5.74) is 4.14. The van der Waals surface area contributed by atoms with E-state index >= 15 is 0 Å². The van der Waals surface area contributed by atoms with Gasteiger partial charge >= 0.3 is 0 Å². The van der Waals surface area contributed by atoms with Gasteiger partial charge in [-0.15, -0.1) is 0 Å². The van der Waals surface area contributed by atoms with Crippen molar-refractivity contribution in [2.24, 2.45) is 7.05 Å². The molecule has 5 rings (SSSR count). The number of halogens is 1. The van der Waals surface area contributed by atoms with Gasteiger partial charge in [0.05, 0.1) is 28.8 Å². The average molecular weight is 472 g/mol. The first kappa shape index (κ1) is 22.7. The second-order valence-electron chi connectivity index (χ2n) is 8.87. The molecule has 0 bridgehead atoms. The van der Waals surface area contributed by atoms with E-state index in [1.807, 2.05) is 70.8 Å². The molecule has 0 fully saturated rings. The van der Waals surface area contributed by atoms with Gasteiger partial charge in [-0.3, -0.25) is 9.67 Å². The number of aromatic nitrogens is 5. The Kier molecular flexibility index (Phi) is 6.00. The summed E-state index contributed by atoms with van der Waals surface area (Å²) >= 11 is 0. The zero-order chi connectivity index (χ0) is 24.5. The molecule has 8 nitrogen and oxygen atoms in total. The number of anilines is 2. The largest absolute Gasteiger partial charge is 0.489 e. The molecule has 0 saturated heterocycles. The van der Waals surface area contributed by atoms with E-state index in [1.54, 1.807) is 4.68 Å². The van der Waals surface area contributed by atoms with Crippen LogP contribution in [0.5, 0.6) is 5.75 Å². The quantitative estimate of drug-likeness (QED) is 0.365. The summed E-state index contributed by atoms with van der Waals surface area (Å²) in [6.45, 7) is 2.78. The highest BCUT2D eigenvalue weighted by Gasteiger charge is 2.17. The second-order valence-corrected chi connectivity index (χ2v) is 8.87. The van der Waals surface area contributed by atoms with Crippen LogP contribution in [0.4, 0.5) is 15.9 Å². The first-order valence-corrected chi connectivity index (χ1v) is 11.3. The van der Waals surface area contributed by atoms with Gasteiger partial charge in [-0.1, -0.05) is 0 Å². The molecule has 0 radical (unpaired) electrons. The molecule has 3 heterocycles. The normalized spacial score (nSPS) is 12.4. The lowest BCUT2D eigenvalue weighted by molar-refractivity contribution is 0.179. The SMILES string of the molecule is C[C@H](CN(C)C)Oc1cc(-c2cnn(C)c2)cc2ncnc(Nc3ccc4ncc(F)cc4c3)c12. The number of aryl methyl sites for hydroxylation is 1. The molecule has 0 amide bonds. The summed E-state index contributed by atoms with van der Waals surface area (Å²) in [6.07, 6.45) is 6.44. The van der Waals surface area contributed by atoms with E-state index in [-0.39, 0.29) is 11.9 Å². The number of hydrogen-bond acceptors (Lipinski definition) is 7. The van der Waals surface area contributed by atoms with Gasteiger partial charge in [0.1, 0.15) is 29.8 Å². The van der Waals surface area contributed by atoms with Crippen LogP contribution in [0.1, 0.15) is 6.92 Å². The van der Waals surface area contributed by atoms with Crippen LogP contribution < -0.4 is 10.1 Å². The fraction of sp³-hybridized carbons (Fsp3) is 0.231. The van der Waals surface area contributed by atoms with Gasteiger partial charge < -0.3 is 15.0 Å². The van der Waals surface area contributed by atoms with Crippen LogP contribution in [0.25, 0.3) is 32.9 Å². The Morgan fingerprint density at radius 2 is 1.89 bits per heavy atom. The number of pyridine rings is 1. The van der Waals surface area contributed by atoms with Gasteiger partial charge in [-0.25, -0.2) is 14.4 Å². The van der Waals surface area contributed by atoms with Crippen LogP contribution in [0, 0.1) is 5.82 Å². The molecule has 3 aromatic heterocycles. The monoisotopic (exact) mass is 471 g/mol. The van der Waals surface area contributed by atoms with Crippen molar-refractivity contribution in [3.8, 4) is 16.9 Å². The Bertz CT molecular complexity index is 1510. The Morgan fingerprint density at radius 1 is 1.03 bits per heavy atom. The number of rotatable bonds is 7. The molecular formula is C26H26FN7O. The van der Waals surface area contributed by atoms with Crippen LogP contribution in [0.15, 0.2) is 61.3 Å². The van der Waals surface area contributed by atoms with Gasteiger partial charge in [0.25, 0.3) is 0 Å². The van der Waals surface area contributed by atoms with Crippen LogP contribution in [0.3, 0.4) is 0 Å². The molecule has 0 aliphatic heterocycles. The highest BCUT2D eigenvalue weighted by atomic mass is 19.1. The maximum absolute atomic E-state index is 13.7. The van der Waals surface area contributed by atoms with E-state index in [0.29, 0.717) is 22.5 Å². The van der Waals surface area contributed by atoms with Crippen molar-refractivity contribution in [2.45, 2.75) is 13.0 Å². The third kappa shape index (κ3) is 4.90. The maximum Gasteiger partial charge on any atom is 0.145 e. The number of likely N-dealkylation sites (N-methyl/N-ethyl adjacent to an activating group) is 1. The first-order valence-electron chi connectivity index (χ1n) is 11.3. The number of benzene rings is 2. The lowest BCUT2D eigenvalue weighted by Gasteiger charge is -2.21. The minimum Gasteiger partial charge on any atom is -0.489 e. The molecule has 0 saturated carbocycles. The molecular weight excluding hydrogens is 445 g/mol. The van der Waals surface area contributed by atoms with Gasteiger partial charge in [0.15, 0.2) is 0 Å². The van der Waals surface area contributed by atoms with Crippen molar-refractivity contribution in [1.82, 2.24) is 29.6 Å². The zero-order valence-corrected chi connectivity index (χ0v) is 20.0. The number of ether oxygens (including phenoxy) is 1. The zero-order valence-electron chi connectivity index (χ0n) is 20.0. The Hall–Kier alpha value is -4.11. The fourth-order valence-corrected chi connectivity index (χ4v) is 4.17. The predicted molar refractivity (Wildman–Crippen MR) is 135 cm³/mol. The van der Waals surface area contributed by atoms with Crippen LogP contribution in [-0.4, -0.2) is 56.4 Å². The molecule has 178 valence electrons. The Balaban J connectivity index is 1.61. The molecule has 0 aliphatic rings. The van der Waals surface area contributed by atoms with Crippen molar-refractivity contribution in [2.75, 3.05) is 26.0 Å². The summed E-state index contributed by atoms with van der Waals surface area (Å²) in [6, 6.07) is 11.0. The summed E-state index contributed by atoms with van der Waals surface area (Å²) < 4.78 is 21.9. The Labute approximate surface area is 202 Å². The summed E-state index contributed by atoms with van der Waals surface area (Å²) in [4.78, 5) is 15.3. The molecule has 0 unspecified atom stereocenters. The van der Waals surface area contributed by atoms with Gasteiger partial charge in [-0.2, -0.15) is 5.10 Å². The molecule has 9 heteroatoms. The van der Waals surface area contributed by atoms with Gasteiger partial charge in [0.2, 0.25) is 0 Å².